The van der Waals surface area contributed by atoms with Crippen molar-refractivity contribution in [1.29, 1.82) is 0 Å². The summed E-state index contributed by atoms with van der Waals surface area (Å²) in [5.74, 6) is 0.595. The third kappa shape index (κ3) is 4.95. The van der Waals surface area contributed by atoms with Gasteiger partial charge in [-0.05, 0) is 68.0 Å². The molecule has 6 nitrogen and oxygen atoms in total. The highest BCUT2D eigenvalue weighted by Gasteiger charge is 2.14. The van der Waals surface area contributed by atoms with Gasteiger partial charge in [0.15, 0.2) is 0 Å². The van der Waals surface area contributed by atoms with E-state index in [4.69, 9.17) is 4.98 Å². The zero-order valence-electron chi connectivity index (χ0n) is 19.0. The highest BCUT2D eigenvalue weighted by atomic mass is 32.2. The van der Waals surface area contributed by atoms with E-state index in [1.807, 2.05) is 25.4 Å². The number of aromatic nitrogens is 2. The Morgan fingerprint density at radius 2 is 1.64 bits per heavy atom. The van der Waals surface area contributed by atoms with Crippen molar-refractivity contribution in [2.45, 2.75) is 4.90 Å². The van der Waals surface area contributed by atoms with Gasteiger partial charge in [0.05, 0.1) is 5.52 Å². The van der Waals surface area contributed by atoms with E-state index in [9.17, 15) is 0 Å². The molecule has 5 rings (SSSR count). The summed E-state index contributed by atoms with van der Waals surface area (Å²) in [5.41, 5.74) is 5.47. The standard InChI is InChI=1S/C26H28N6S/c1-27-33-23-12-8-21(9-13-23)29-26-28-18-20-4-3-5-24(25(20)30-26)19-6-10-22(11-7-19)32-16-14-31(2)15-17-32/h3-13,18,27H,14-17H2,1-2H3,(H,28,29,30). The lowest BCUT2D eigenvalue weighted by Crippen LogP contribution is -2.44. The van der Waals surface area contributed by atoms with Crippen LogP contribution in [0.5, 0.6) is 0 Å². The van der Waals surface area contributed by atoms with Crippen molar-refractivity contribution < 1.29 is 0 Å². The lowest BCUT2D eigenvalue weighted by Gasteiger charge is -2.34. The molecular formula is C26H28N6S. The molecule has 3 aromatic carbocycles. The lowest BCUT2D eigenvalue weighted by molar-refractivity contribution is 0.313. The monoisotopic (exact) mass is 456 g/mol. The van der Waals surface area contributed by atoms with Gasteiger partial charge in [0.1, 0.15) is 0 Å². The summed E-state index contributed by atoms with van der Waals surface area (Å²) in [4.78, 5) is 15.4. The molecule has 1 saturated heterocycles. The summed E-state index contributed by atoms with van der Waals surface area (Å²) >= 11 is 1.59. The number of hydrogen-bond acceptors (Lipinski definition) is 7. The van der Waals surface area contributed by atoms with E-state index in [0.717, 1.165) is 58.8 Å². The molecule has 2 N–H and O–H groups in total. The first-order valence-corrected chi connectivity index (χ1v) is 12.0. The smallest absolute Gasteiger partial charge is 0.227 e. The van der Waals surface area contributed by atoms with Gasteiger partial charge in [-0.2, -0.15) is 0 Å². The van der Waals surface area contributed by atoms with E-state index in [-0.39, 0.29) is 0 Å². The van der Waals surface area contributed by atoms with Crippen molar-refractivity contribution in [3.05, 3.63) is 72.9 Å². The van der Waals surface area contributed by atoms with Crippen LogP contribution in [0.3, 0.4) is 0 Å². The number of hydrogen-bond donors (Lipinski definition) is 2. The SMILES string of the molecule is CNSc1ccc(Nc2ncc3cccc(-c4ccc(N5CCN(C)CC5)cc4)c3n2)cc1. The summed E-state index contributed by atoms with van der Waals surface area (Å²) in [6, 6.07) is 23.3. The van der Waals surface area contributed by atoms with Crippen LogP contribution in [0.4, 0.5) is 17.3 Å². The fourth-order valence-corrected chi connectivity index (χ4v) is 4.63. The minimum Gasteiger partial charge on any atom is -0.369 e. The molecule has 0 bridgehead atoms. The number of anilines is 3. The van der Waals surface area contributed by atoms with Crippen LogP contribution in [0.1, 0.15) is 0 Å². The van der Waals surface area contributed by atoms with E-state index in [0.29, 0.717) is 5.95 Å². The highest BCUT2D eigenvalue weighted by Crippen LogP contribution is 2.30. The number of para-hydroxylation sites is 1. The maximum absolute atomic E-state index is 4.87. The maximum atomic E-state index is 4.87. The third-order valence-corrected chi connectivity index (χ3v) is 6.70. The number of nitrogens with zero attached hydrogens (tertiary/aromatic N) is 4. The fourth-order valence-electron chi connectivity index (χ4n) is 4.12. The number of fused-ring (bicyclic) bond motifs is 1. The summed E-state index contributed by atoms with van der Waals surface area (Å²) in [7, 11) is 4.10. The third-order valence-electron chi connectivity index (χ3n) is 5.99. The quantitative estimate of drug-likeness (QED) is 0.395. The molecule has 0 atom stereocenters. The van der Waals surface area contributed by atoms with Gasteiger partial charge in [-0.15, -0.1) is 0 Å². The van der Waals surface area contributed by atoms with E-state index >= 15 is 0 Å². The van der Waals surface area contributed by atoms with Crippen LogP contribution in [-0.4, -0.2) is 55.1 Å². The van der Waals surface area contributed by atoms with Crippen LogP contribution in [0.25, 0.3) is 22.0 Å². The van der Waals surface area contributed by atoms with E-state index in [1.165, 1.54) is 5.69 Å². The van der Waals surface area contributed by atoms with E-state index in [2.05, 4.69) is 86.5 Å². The van der Waals surface area contributed by atoms with E-state index in [1.54, 1.807) is 11.9 Å². The maximum Gasteiger partial charge on any atom is 0.227 e. The normalized spacial score (nSPS) is 14.5. The summed E-state index contributed by atoms with van der Waals surface area (Å²) < 4.78 is 3.09. The predicted molar refractivity (Wildman–Crippen MR) is 139 cm³/mol. The van der Waals surface area contributed by atoms with Gasteiger partial charge in [0.2, 0.25) is 5.95 Å². The molecular weight excluding hydrogens is 428 g/mol. The molecule has 0 saturated carbocycles. The second kappa shape index (κ2) is 9.79. The number of benzene rings is 3. The van der Waals surface area contributed by atoms with Crippen molar-refractivity contribution in [2.24, 2.45) is 0 Å². The Morgan fingerprint density at radius 1 is 0.879 bits per heavy atom. The van der Waals surface area contributed by atoms with Crippen LogP contribution in [0.2, 0.25) is 0 Å². The molecule has 33 heavy (non-hydrogen) atoms. The molecule has 1 fully saturated rings. The first kappa shape index (κ1) is 21.7. The first-order chi connectivity index (χ1) is 16.2. The molecule has 0 radical (unpaired) electrons. The molecule has 2 heterocycles. The van der Waals surface area contributed by atoms with Gasteiger partial charge in [0, 0.05) is 59.6 Å². The predicted octanol–water partition coefficient (Wildman–Crippen LogP) is 5.02. The molecule has 168 valence electrons. The lowest BCUT2D eigenvalue weighted by atomic mass is 10.0. The van der Waals surface area contributed by atoms with Crippen molar-refractivity contribution in [3.63, 3.8) is 0 Å². The topological polar surface area (TPSA) is 56.3 Å². The summed E-state index contributed by atoms with van der Waals surface area (Å²) in [6.07, 6.45) is 1.89. The Balaban J connectivity index is 1.40. The Hall–Kier alpha value is -3.13. The van der Waals surface area contributed by atoms with Gasteiger partial charge in [-0.25, -0.2) is 9.97 Å². The first-order valence-electron chi connectivity index (χ1n) is 11.2. The zero-order valence-corrected chi connectivity index (χ0v) is 19.8. The molecule has 1 aliphatic heterocycles. The molecule has 1 aromatic heterocycles. The molecule has 0 amide bonds. The van der Waals surface area contributed by atoms with Gasteiger partial charge >= 0.3 is 0 Å². The number of rotatable bonds is 6. The van der Waals surface area contributed by atoms with Gasteiger partial charge in [-0.3, -0.25) is 4.72 Å². The van der Waals surface area contributed by atoms with E-state index < -0.39 is 0 Å². The molecule has 0 spiro atoms. The van der Waals surface area contributed by atoms with Gasteiger partial charge in [-0.1, -0.05) is 30.3 Å². The minimum absolute atomic E-state index is 0.595. The van der Waals surface area contributed by atoms with Crippen LogP contribution in [-0.2, 0) is 0 Å². The Morgan fingerprint density at radius 3 is 2.36 bits per heavy atom. The Kier molecular flexibility index (Phi) is 6.44. The zero-order chi connectivity index (χ0) is 22.6. The molecule has 0 unspecified atom stereocenters. The highest BCUT2D eigenvalue weighted by molar-refractivity contribution is 7.97. The van der Waals surface area contributed by atoms with Crippen LogP contribution in [0.15, 0.2) is 77.8 Å². The Bertz CT molecular complexity index is 1220. The largest absolute Gasteiger partial charge is 0.369 e. The van der Waals surface area contributed by atoms with Crippen LogP contribution >= 0.6 is 11.9 Å². The average Bonchev–Trinajstić information content (AvgIpc) is 2.86. The van der Waals surface area contributed by atoms with Crippen LogP contribution in [0, 0.1) is 0 Å². The molecule has 4 aromatic rings. The van der Waals surface area contributed by atoms with Crippen molar-refractivity contribution >= 4 is 40.2 Å². The second-order valence-electron chi connectivity index (χ2n) is 8.23. The fraction of sp³-hybridized carbons (Fsp3) is 0.231. The minimum atomic E-state index is 0.595. The number of likely N-dealkylation sites (N-methyl/N-ethyl adjacent to an activating group) is 1. The summed E-state index contributed by atoms with van der Waals surface area (Å²) in [6.45, 7) is 4.35. The molecule has 7 heteroatoms. The average molecular weight is 457 g/mol. The summed E-state index contributed by atoms with van der Waals surface area (Å²) in [5, 5.41) is 4.37. The Labute approximate surface area is 199 Å². The van der Waals surface area contributed by atoms with Gasteiger partial charge < -0.3 is 15.1 Å². The molecule has 0 aliphatic carbocycles. The second-order valence-corrected chi connectivity index (χ2v) is 9.31. The van der Waals surface area contributed by atoms with Crippen molar-refractivity contribution in [1.82, 2.24) is 19.6 Å². The number of nitrogens with one attached hydrogen (secondary N) is 2. The van der Waals surface area contributed by atoms with Crippen LogP contribution < -0.4 is 14.9 Å². The van der Waals surface area contributed by atoms with Crippen molar-refractivity contribution in [3.8, 4) is 11.1 Å². The number of piperazine rings is 1. The van der Waals surface area contributed by atoms with Crippen molar-refractivity contribution in [2.75, 3.05) is 50.5 Å². The van der Waals surface area contributed by atoms with Gasteiger partial charge in [0.25, 0.3) is 0 Å². The molecule has 1 aliphatic rings.